The molecule has 0 aliphatic heterocycles. The van der Waals surface area contributed by atoms with Gasteiger partial charge in [-0.15, -0.1) is 0 Å². The first-order valence-corrected chi connectivity index (χ1v) is 13.9. The lowest BCUT2D eigenvalue weighted by Gasteiger charge is -2.33. The van der Waals surface area contributed by atoms with Crippen molar-refractivity contribution in [3.05, 3.63) is 96.1 Å². The fraction of sp³-hybridized carbons (Fsp3) is 0.310. The van der Waals surface area contributed by atoms with Crippen molar-refractivity contribution >= 4 is 27.5 Å². The zero-order chi connectivity index (χ0) is 27.0. The van der Waals surface area contributed by atoms with Crippen LogP contribution in [0.15, 0.2) is 89.8 Å². The van der Waals surface area contributed by atoms with Crippen molar-refractivity contribution in [2.24, 2.45) is 0 Å². The van der Waals surface area contributed by atoms with E-state index < -0.39 is 28.5 Å². The maximum atomic E-state index is 13.9. The quantitative estimate of drug-likeness (QED) is 0.402. The van der Waals surface area contributed by atoms with Crippen LogP contribution in [0.1, 0.15) is 38.3 Å². The van der Waals surface area contributed by atoms with Crippen LogP contribution in [-0.4, -0.2) is 43.8 Å². The summed E-state index contributed by atoms with van der Waals surface area (Å²) in [5.41, 5.74) is 2.15. The summed E-state index contributed by atoms with van der Waals surface area (Å²) in [6.45, 7) is 7.17. The number of sulfonamides is 1. The van der Waals surface area contributed by atoms with E-state index in [2.05, 4.69) is 5.32 Å². The van der Waals surface area contributed by atoms with E-state index in [4.69, 9.17) is 0 Å². The first kappa shape index (κ1) is 27.9. The molecule has 0 aromatic heterocycles. The normalized spacial score (nSPS) is 12.1. The Morgan fingerprint density at radius 1 is 0.865 bits per heavy atom. The minimum Gasteiger partial charge on any atom is -0.352 e. The number of nitrogens with one attached hydrogen (secondary N) is 1. The van der Waals surface area contributed by atoms with Gasteiger partial charge in [0.05, 0.1) is 10.6 Å². The fourth-order valence-electron chi connectivity index (χ4n) is 4.04. The van der Waals surface area contributed by atoms with Gasteiger partial charge in [0.1, 0.15) is 12.6 Å². The summed E-state index contributed by atoms with van der Waals surface area (Å²) in [7, 11) is -4.06. The van der Waals surface area contributed by atoms with Crippen LogP contribution in [0.2, 0.25) is 0 Å². The van der Waals surface area contributed by atoms with E-state index in [-0.39, 0.29) is 23.4 Å². The highest BCUT2D eigenvalue weighted by Gasteiger charge is 2.33. The van der Waals surface area contributed by atoms with Gasteiger partial charge >= 0.3 is 0 Å². The zero-order valence-electron chi connectivity index (χ0n) is 21.8. The second kappa shape index (κ2) is 12.5. The lowest BCUT2D eigenvalue weighted by Crippen LogP contribution is -2.53. The molecule has 1 N–H and O–H groups in total. The molecule has 3 aromatic carbocycles. The van der Waals surface area contributed by atoms with Gasteiger partial charge in [-0.3, -0.25) is 13.9 Å². The van der Waals surface area contributed by atoms with Crippen molar-refractivity contribution in [3.63, 3.8) is 0 Å². The number of carbonyl (C=O) groups is 2. The number of hydrogen-bond donors (Lipinski definition) is 1. The fourth-order valence-corrected chi connectivity index (χ4v) is 5.45. The average Bonchev–Trinajstić information content (AvgIpc) is 2.88. The van der Waals surface area contributed by atoms with Crippen molar-refractivity contribution in [2.45, 2.75) is 57.6 Å². The number of benzene rings is 3. The largest absolute Gasteiger partial charge is 0.352 e. The Hall–Kier alpha value is -3.65. The highest BCUT2D eigenvalue weighted by Crippen LogP contribution is 2.25. The lowest BCUT2D eigenvalue weighted by atomic mass is 10.1. The molecule has 0 aliphatic carbocycles. The van der Waals surface area contributed by atoms with Gasteiger partial charge in [-0.2, -0.15) is 0 Å². The predicted octanol–water partition coefficient (Wildman–Crippen LogP) is 4.52. The molecule has 0 radical (unpaired) electrons. The molecule has 0 saturated heterocycles. The van der Waals surface area contributed by atoms with Crippen LogP contribution in [0.4, 0.5) is 5.69 Å². The highest BCUT2D eigenvalue weighted by molar-refractivity contribution is 7.92. The molecule has 1 unspecified atom stereocenters. The van der Waals surface area contributed by atoms with Crippen LogP contribution < -0.4 is 9.62 Å². The van der Waals surface area contributed by atoms with Crippen molar-refractivity contribution in [3.8, 4) is 0 Å². The molecular formula is C29H35N3O4S. The van der Waals surface area contributed by atoms with Gasteiger partial charge < -0.3 is 10.2 Å². The smallest absolute Gasteiger partial charge is 0.264 e. The van der Waals surface area contributed by atoms with Gasteiger partial charge in [0.25, 0.3) is 10.0 Å². The van der Waals surface area contributed by atoms with Crippen LogP contribution in [0.25, 0.3) is 0 Å². The van der Waals surface area contributed by atoms with E-state index in [1.165, 1.54) is 17.0 Å². The molecule has 0 fully saturated rings. The maximum Gasteiger partial charge on any atom is 0.264 e. The van der Waals surface area contributed by atoms with E-state index in [9.17, 15) is 18.0 Å². The zero-order valence-corrected chi connectivity index (χ0v) is 22.6. The predicted molar refractivity (Wildman–Crippen MR) is 147 cm³/mol. The first-order chi connectivity index (χ1) is 17.6. The van der Waals surface area contributed by atoms with Crippen molar-refractivity contribution in [1.82, 2.24) is 10.2 Å². The number of carbonyl (C=O) groups excluding carboxylic acids is 2. The minimum atomic E-state index is -4.06. The van der Waals surface area contributed by atoms with Crippen LogP contribution >= 0.6 is 0 Å². The molecule has 3 rings (SSSR count). The van der Waals surface area contributed by atoms with Gasteiger partial charge in [-0.05, 0) is 57.0 Å². The third-order valence-electron chi connectivity index (χ3n) is 5.94. The average molecular weight is 522 g/mol. The second-order valence-corrected chi connectivity index (χ2v) is 11.1. The standard InChI is InChI=1S/C29H35N3O4S/c1-5-27(29(34)30-22(2)3)31(20-24-12-8-6-9-13-24)28(33)21-32(25-14-10-7-11-15-25)37(35,36)26-18-16-23(4)17-19-26/h6-19,22,27H,5,20-21H2,1-4H3,(H,30,34). The summed E-state index contributed by atoms with van der Waals surface area (Å²) in [6.07, 6.45) is 0.382. The topological polar surface area (TPSA) is 86.8 Å². The number of nitrogens with zero attached hydrogens (tertiary/aromatic N) is 2. The van der Waals surface area contributed by atoms with Gasteiger partial charge in [-0.25, -0.2) is 8.42 Å². The Balaban J connectivity index is 2.02. The third-order valence-corrected chi connectivity index (χ3v) is 7.73. The van der Waals surface area contributed by atoms with E-state index in [1.807, 2.05) is 58.0 Å². The van der Waals surface area contributed by atoms with Crippen LogP contribution in [-0.2, 0) is 26.2 Å². The van der Waals surface area contributed by atoms with E-state index >= 15 is 0 Å². The van der Waals surface area contributed by atoms with Crippen molar-refractivity contribution < 1.29 is 18.0 Å². The molecule has 0 bridgehead atoms. The summed E-state index contributed by atoms with van der Waals surface area (Å²) >= 11 is 0. The Labute approximate surface area is 220 Å². The van der Waals surface area contributed by atoms with E-state index in [1.54, 1.807) is 42.5 Å². The number of rotatable bonds is 11. The first-order valence-electron chi connectivity index (χ1n) is 12.4. The van der Waals surface area contributed by atoms with Crippen LogP contribution in [0.3, 0.4) is 0 Å². The van der Waals surface area contributed by atoms with Crippen LogP contribution in [0.5, 0.6) is 0 Å². The molecular weight excluding hydrogens is 486 g/mol. The molecule has 37 heavy (non-hydrogen) atoms. The second-order valence-electron chi connectivity index (χ2n) is 9.25. The van der Waals surface area contributed by atoms with Gasteiger partial charge in [0, 0.05) is 12.6 Å². The highest BCUT2D eigenvalue weighted by atomic mass is 32.2. The molecule has 1 atom stereocenters. The summed E-state index contributed by atoms with van der Waals surface area (Å²) in [5.74, 6) is -0.733. The Morgan fingerprint density at radius 3 is 1.97 bits per heavy atom. The summed E-state index contributed by atoms with van der Waals surface area (Å²) in [4.78, 5) is 28.6. The number of para-hydroxylation sites is 1. The van der Waals surface area contributed by atoms with Gasteiger partial charge in [0.15, 0.2) is 0 Å². The molecule has 8 heteroatoms. The number of anilines is 1. The summed E-state index contributed by atoms with van der Waals surface area (Å²) < 4.78 is 28.6. The third kappa shape index (κ3) is 7.20. The Bertz CT molecular complexity index is 1280. The summed E-state index contributed by atoms with van der Waals surface area (Å²) in [5, 5.41) is 2.90. The minimum absolute atomic E-state index is 0.0916. The maximum absolute atomic E-state index is 13.9. The number of amides is 2. The number of aryl methyl sites for hydroxylation is 1. The monoisotopic (exact) mass is 521 g/mol. The van der Waals surface area contributed by atoms with Crippen LogP contribution in [0, 0.1) is 6.92 Å². The Kier molecular flexibility index (Phi) is 9.47. The van der Waals surface area contributed by atoms with Gasteiger partial charge in [-0.1, -0.05) is 73.2 Å². The molecule has 196 valence electrons. The molecule has 2 amide bonds. The molecule has 0 heterocycles. The number of hydrogen-bond acceptors (Lipinski definition) is 4. The molecule has 0 spiro atoms. The van der Waals surface area contributed by atoms with Gasteiger partial charge in [0.2, 0.25) is 11.8 Å². The lowest BCUT2D eigenvalue weighted by molar-refractivity contribution is -0.140. The Morgan fingerprint density at radius 2 is 1.43 bits per heavy atom. The molecule has 3 aromatic rings. The van der Waals surface area contributed by atoms with E-state index in [0.717, 1.165) is 15.4 Å². The molecule has 7 nitrogen and oxygen atoms in total. The molecule has 0 saturated carbocycles. The van der Waals surface area contributed by atoms with Crippen molar-refractivity contribution in [1.29, 1.82) is 0 Å². The SMILES string of the molecule is CCC(C(=O)NC(C)C)N(Cc1ccccc1)C(=O)CN(c1ccccc1)S(=O)(=O)c1ccc(C)cc1. The van der Waals surface area contributed by atoms with Crippen molar-refractivity contribution in [2.75, 3.05) is 10.8 Å². The summed E-state index contributed by atoms with van der Waals surface area (Å²) in [6, 6.07) is 23.6. The molecule has 0 aliphatic rings. The van der Waals surface area contributed by atoms with E-state index in [0.29, 0.717) is 12.1 Å².